The molecule has 0 saturated heterocycles. The van der Waals surface area contributed by atoms with Crippen molar-refractivity contribution >= 4 is 17.7 Å². The molecule has 1 rings (SSSR count). The van der Waals surface area contributed by atoms with Crippen LogP contribution >= 0.6 is 11.8 Å². The Morgan fingerprint density at radius 1 is 1.59 bits per heavy atom. The summed E-state index contributed by atoms with van der Waals surface area (Å²) in [6, 6.07) is 0. The first kappa shape index (κ1) is 14.8. The normalized spacial score (nSPS) is 30.9. The smallest absolute Gasteiger partial charge is 0.223 e. The van der Waals surface area contributed by atoms with E-state index >= 15 is 0 Å². The summed E-state index contributed by atoms with van der Waals surface area (Å²) in [7, 11) is 0. The molecular weight excluding hydrogens is 234 g/mol. The predicted molar refractivity (Wildman–Crippen MR) is 73.1 cm³/mol. The fourth-order valence-corrected chi connectivity index (χ4v) is 3.03. The molecule has 0 unspecified atom stereocenters. The highest BCUT2D eigenvalue weighted by Crippen LogP contribution is 2.35. The maximum Gasteiger partial charge on any atom is 0.223 e. The van der Waals surface area contributed by atoms with Crippen molar-refractivity contribution < 1.29 is 9.90 Å². The van der Waals surface area contributed by atoms with Crippen molar-refractivity contribution in [3.8, 4) is 0 Å². The van der Waals surface area contributed by atoms with Crippen molar-refractivity contribution in [1.82, 2.24) is 5.32 Å². The summed E-state index contributed by atoms with van der Waals surface area (Å²) < 4.78 is 0. The van der Waals surface area contributed by atoms with Gasteiger partial charge in [0.05, 0.1) is 6.10 Å². The van der Waals surface area contributed by atoms with Gasteiger partial charge < -0.3 is 10.4 Å². The van der Waals surface area contributed by atoms with Gasteiger partial charge in [0.25, 0.3) is 0 Å². The van der Waals surface area contributed by atoms with Crippen molar-refractivity contribution in [1.29, 1.82) is 0 Å². The van der Waals surface area contributed by atoms with Crippen LogP contribution in [0.1, 0.15) is 39.5 Å². The first-order valence-corrected chi connectivity index (χ1v) is 7.83. The van der Waals surface area contributed by atoms with Gasteiger partial charge in [-0.3, -0.25) is 4.79 Å². The maximum absolute atomic E-state index is 11.8. The molecule has 1 saturated carbocycles. The monoisotopic (exact) mass is 259 g/mol. The van der Waals surface area contributed by atoms with Crippen LogP contribution in [0.15, 0.2) is 0 Å². The molecule has 0 aliphatic heterocycles. The minimum atomic E-state index is -0.271. The van der Waals surface area contributed by atoms with Crippen LogP contribution in [-0.4, -0.2) is 35.7 Å². The number of nitrogens with one attached hydrogen (secondary N) is 1. The van der Waals surface area contributed by atoms with Gasteiger partial charge in [0.2, 0.25) is 5.91 Å². The lowest BCUT2D eigenvalue weighted by atomic mass is 9.73. The molecule has 17 heavy (non-hydrogen) atoms. The molecule has 0 aromatic heterocycles. The number of aliphatic hydroxyl groups is 1. The number of rotatable bonds is 5. The van der Waals surface area contributed by atoms with Crippen LogP contribution in [0.3, 0.4) is 0 Å². The Morgan fingerprint density at radius 3 is 2.88 bits per heavy atom. The van der Waals surface area contributed by atoms with Crippen LogP contribution in [-0.2, 0) is 4.79 Å². The summed E-state index contributed by atoms with van der Waals surface area (Å²) in [5, 5.41) is 13.0. The molecule has 1 fully saturated rings. The lowest BCUT2D eigenvalue weighted by Gasteiger charge is -2.38. The minimum Gasteiger partial charge on any atom is -0.392 e. The summed E-state index contributed by atoms with van der Waals surface area (Å²) in [5.41, 5.74) is -0.132. The average molecular weight is 259 g/mol. The number of amides is 1. The summed E-state index contributed by atoms with van der Waals surface area (Å²) in [4.78, 5) is 11.8. The zero-order valence-corrected chi connectivity index (χ0v) is 12.0. The Balaban J connectivity index is 2.40. The molecule has 1 aliphatic carbocycles. The van der Waals surface area contributed by atoms with Crippen molar-refractivity contribution in [3.05, 3.63) is 0 Å². The van der Waals surface area contributed by atoms with E-state index in [1.54, 1.807) is 11.8 Å². The largest absolute Gasteiger partial charge is 0.392 e. The van der Waals surface area contributed by atoms with E-state index in [2.05, 4.69) is 12.2 Å². The highest BCUT2D eigenvalue weighted by Gasteiger charge is 2.35. The van der Waals surface area contributed by atoms with Gasteiger partial charge >= 0.3 is 0 Å². The number of hydrogen-bond donors (Lipinski definition) is 2. The predicted octanol–water partition coefficient (Wildman–Crippen LogP) is 2.04. The lowest BCUT2D eigenvalue weighted by Crippen LogP contribution is -2.46. The molecule has 2 N–H and O–H groups in total. The molecule has 0 aromatic carbocycles. The molecule has 0 spiro atoms. The van der Waals surface area contributed by atoms with E-state index in [9.17, 15) is 9.90 Å². The molecule has 0 aromatic rings. The van der Waals surface area contributed by atoms with E-state index in [1.165, 1.54) is 0 Å². The third kappa shape index (κ3) is 4.18. The van der Waals surface area contributed by atoms with Gasteiger partial charge in [-0.25, -0.2) is 0 Å². The van der Waals surface area contributed by atoms with E-state index in [4.69, 9.17) is 0 Å². The average Bonchev–Trinajstić information content (AvgIpc) is 2.30. The SMILES string of the molecule is CSC[C@H](C)C(=O)NC[C@@]1(C)CCCC[C@@H]1O. The van der Waals surface area contributed by atoms with Gasteiger partial charge in [-0.15, -0.1) is 0 Å². The number of carbonyl (C=O) groups excluding carboxylic acids is 1. The number of thioether (sulfide) groups is 1. The molecule has 4 heteroatoms. The topological polar surface area (TPSA) is 49.3 Å². The second kappa shape index (κ2) is 6.64. The van der Waals surface area contributed by atoms with Crippen molar-refractivity contribution in [3.63, 3.8) is 0 Å². The van der Waals surface area contributed by atoms with Gasteiger partial charge in [0, 0.05) is 23.6 Å². The third-order valence-electron chi connectivity index (χ3n) is 3.81. The van der Waals surface area contributed by atoms with Gasteiger partial charge in [-0.05, 0) is 19.1 Å². The summed E-state index contributed by atoms with van der Waals surface area (Å²) in [5.74, 6) is 1.01. The lowest BCUT2D eigenvalue weighted by molar-refractivity contribution is -0.125. The second-order valence-electron chi connectivity index (χ2n) is 5.49. The first-order chi connectivity index (χ1) is 7.99. The van der Waals surface area contributed by atoms with Gasteiger partial charge in [0.1, 0.15) is 0 Å². The van der Waals surface area contributed by atoms with Crippen molar-refractivity contribution in [2.45, 2.75) is 45.6 Å². The van der Waals surface area contributed by atoms with E-state index in [0.29, 0.717) is 6.54 Å². The minimum absolute atomic E-state index is 0.0503. The summed E-state index contributed by atoms with van der Waals surface area (Å²) in [6.45, 7) is 4.63. The molecule has 3 atom stereocenters. The molecule has 1 aliphatic rings. The van der Waals surface area contributed by atoms with Gasteiger partial charge in [0.15, 0.2) is 0 Å². The van der Waals surface area contributed by atoms with E-state index in [0.717, 1.165) is 31.4 Å². The van der Waals surface area contributed by atoms with Crippen LogP contribution in [0.2, 0.25) is 0 Å². The van der Waals surface area contributed by atoms with Crippen LogP contribution in [0, 0.1) is 11.3 Å². The summed E-state index contributed by atoms with van der Waals surface area (Å²) >= 11 is 1.69. The van der Waals surface area contributed by atoms with Crippen molar-refractivity contribution in [2.24, 2.45) is 11.3 Å². The Labute approximate surface area is 109 Å². The molecule has 3 nitrogen and oxygen atoms in total. The van der Waals surface area contributed by atoms with Gasteiger partial charge in [-0.1, -0.05) is 26.7 Å². The molecule has 100 valence electrons. The zero-order chi connectivity index (χ0) is 12.9. The van der Waals surface area contributed by atoms with Gasteiger partial charge in [-0.2, -0.15) is 11.8 Å². The Hall–Kier alpha value is -0.220. The molecule has 0 radical (unpaired) electrons. The molecular formula is C13H25NO2S. The van der Waals surface area contributed by atoms with Crippen LogP contribution < -0.4 is 5.32 Å². The van der Waals surface area contributed by atoms with E-state index in [-0.39, 0.29) is 23.3 Å². The fourth-order valence-electron chi connectivity index (χ4n) is 2.38. The molecule has 0 heterocycles. The zero-order valence-electron chi connectivity index (χ0n) is 11.2. The second-order valence-corrected chi connectivity index (χ2v) is 6.40. The Kier molecular flexibility index (Phi) is 5.80. The van der Waals surface area contributed by atoms with Crippen LogP contribution in [0.25, 0.3) is 0 Å². The van der Waals surface area contributed by atoms with E-state index < -0.39 is 0 Å². The highest BCUT2D eigenvalue weighted by atomic mass is 32.2. The molecule has 1 amide bonds. The highest BCUT2D eigenvalue weighted by molar-refractivity contribution is 7.98. The van der Waals surface area contributed by atoms with Crippen LogP contribution in [0.5, 0.6) is 0 Å². The number of aliphatic hydroxyl groups excluding tert-OH is 1. The third-order valence-corrected chi connectivity index (χ3v) is 4.64. The first-order valence-electron chi connectivity index (χ1n) is 6.44. The Bertz CT molecular complexity index is 260. The molecule has 0 bridgehead atoms. The van der Waals surface area contributed by atoms with E-state index in [1.807, 2.05) is 13.2 Å². The fraction of sp³-hybridized carbons (Fsp3) is 0.923. The number of hydrogen-bond acceptors (Lipinski definition) is 3. The van der Waals surface area contributed by atoms with Crippen LogP contribution in [0.4, 0.5) is 0 Å². The quantitative estimate of drug-likeness (QED) is 0.794. The Morgan fingerprint density at radius 2 is 2.29 bits per heavy atom. The summed E-state index contributed by atoms with van der Waals surface area (Å²) in [6.07, 6.45) is 5.87. The van der Waals surface area contributed by atoms with Crippen molar-refractivity contribution in [2.75, 3.05) is 18.6 Å². The standard InChI is InChI=1S/C13H25NO2S/c1-10(8-17-3)12(16)14-9-13(2)7-5-4-6-11(13)15/h10-11,15H,4-9H2,1-3H3,(H,14,16)/t10-,11-,13+/m0/s1. The number of carbonyl (C=O) groups is 1. The maximum atomic E-state index is 11.8.